The van der Waals surface area contributed by atoms with E-state index in [9.17, 15) is 9.18 Å². The quantitative estimate of drug-likeness (QED) is 0.822. The maximum atomic E-state index is 13.7. The van der Waals surface area contributed by atoms with Gasteiger partial charge in [-0.1, -0.05) is 18.2 Å². The molecule has 1 atom stereocenters. The molecule has 5 heteroatoms. The van der Waals surface area contributed by atoms with Crippen LogP contribution in [0.3, 0.4) is 0 Å². The highest BCUT2D eigenvalue weighted by molar-refractivity contribution is 5.81. The molecule has 26 heavy (non-hydrogen) atoms. The van der Waals surface area contributed by atoms with Crippen LogP contribution in [0.15, 0.2) is 36.4 Å². The van der Waals surface area contributed by atoms with Gasteiger partial charge in [0.25, 0.3) is 0 Å². The molecule has 2 aromatic carbocycles. The van der Waals surface area contributed by atoms with E-state index in [1.165, 1.54) is 43.2 Å². The van der Waals surface area contributed by atoms with Gasteiger partial charge in [-0.3, -0.25) is 4.79 Å². The lowest BCUT2D eigenvalue weighted by Gasteiger charge is -2.20. The molecule has 0 heterocycles. The van der Waals surface area contributed by atoms with Crippen molar-refractivity contribution in [3.8, 4) is 5.75 Å². The SMILES string of the molecule is COc1ccc(NCC(=O)NC(C)c2ccc3c(c2)CCCC3)cc1F. The highest BCUT2D eigenvalue weighted by Gasteiger charge is 2.14. The van der Waals surface area contributed by atoms with E-state index in [1.54, 1.807) is 6.07 Å². The Labute approximate surface area is 153 Å². The molecule has 0 aromatic heterocycles. The normalized spacial score (nSPS) is 14.3. The number of carbonyl (C=O) groups excluding carboxylic acids is 1. The minimum absolute atomic E-state index is 0.0656. The molecule has 0 saturated heterocycles. The van der Waals surface area contributed by atoms with Gasteiger partial charge in [-0.15, -0.1) is 0 Å². The smallest absolute Gasteiger partial charge is 0.239 e. The Kier molecular flexibility index (Phi) is 5.76. The molecule has 3 rings (SSSR count). The molecule has 4 nitrogen and oxygen atoms in total. The van der Waals surface area contributed by atoms with Crippen LogP contribution in [-0.4, -0.2) is 19.6 Å². The number of ether oxygens (including phenoxy) is 1. The highest BCUT2D eigenvalue weighted by Crippen LogP contribution is 2.25. The number of fused-ring (bicyclic) bond motifs is 1. The standard InChI is InChI=1S/C21H25FN2O2/c1-14(16-8-7-15-5-3-4-6-17(15)11-16)24-21(25)13-23-18-9-10-20(26-2)19(22)12-18/h7-12,14,23H,3-6,13H2,1-2H3,(H,24,25). The zero-order chi connectivity index (χ0) is 18.5. The molecule has 1 unspecified atom stereocenters. The van der Waals surface area contributed by atoms with E-state index in [0.29, 0.717) is 5.69 Å². The van der Waals surface area contributed by atoms with Crippen LogP contribution in [0.5, 0.6) is 5.75 Å². The first-order chi connectivity index (χ1) is 12.6. The number of benzene rings is 2. The molecule has 0 radical (unpaired) electrons. The second kappa shape index (κ2) is 8.21. The van der Waals surface area contributed by atoms with Crippen molar-refractivity contribution >= 4 is 11.6 Å². The fourth-order valence-corrected chi connectivity index (χ4v) is 3.36. The van der Waals surface area contributed by atoms with E-state index in [1.807, 2.05) is 6.92 Å². The summed E-state index contributed by atoms with van der Waals surface area (Å²) in [5.41, 5.74) is 4.50. The van der Waals surface area contributed by atoms with Crippen LogP contribution < -0.4 is 15.4 Å². The molecule has 0 fully saturated rings. The van der Waals surface area contributed by atoms with Crippen LogP contribution in [-0.2, 0) is 17.6 Å². The molecule has 0 bridgehead atoms. The Morgan fingerprint density at radius 2 is 1.92 bits per heavy atom. The van der Waals surface area contributed by atoms with E-state index >= 15 is 0 Å². The van der Waals surface area contributed by atoms with Gasteiger partial charge in [0.15, 0.2) is 11.6 Å². The van der Waals surface area contributed by atoms with Crippen LogP contribution in [0.1, 0.15) is 42.5 Å². The lowest BCUT2D eigenvalue weighted by Crippen LogP contribution is -2.32. The zero-order valence-electron chi connectivity index (χ0n) is 15.3. The molecule has 0 spiro atoms. The Hall–Kier alpha value is -2.56. The molecule has 0 saturated carbocycles. The maximum Gasteiger partial charge on any atom is 0.239 e. The number of methoxy groups -OCH3 is 1. The topological polar surface area (TPSA) is 50.4 Å². The van der Waals surface area contributed by atoms with Crippen molar-refractivity contribution in [2.75, 3.05) is 19.0 Å². The highest BCUT2D eigenvalue weighted by atomic mass is 19.1. The molecule has 2 N–H and O–H groups in total. The van der Waals surface area contributed by atoms with Gasteiger partial charge in [0.1, 0.15) is 0 Å². The third-order valence-electron chi connectivity index (χ3n) is 4.85. The molecule has 1 aliphatic rings. The molecule has 138 valence electrons. The molecular weight excluding hydrogens is 331 g/mol. The summed E-state index contributed by atoms with van der Waals surface area (Å²) in [7, 11) is 1.42. The lowest BCUT2D eigenvalue weighted by atomic mass is 9.89. The molecule has 2 aromatic rings. The van der Waals surface area contributed by atoms with Gasteiger partial charge in [0.2, 0.25) is 5.91 Å². The Balaban J connectivity index is 1.55. The van der Waals surface area contributed by atoms with Crippen molar-refractivity contribution in [3.05, 3.63) is 58.9 Å². The number of aryl methyl sites for hydroxylation is 2. The van der Waals surface area contributed by atoms with Gasteiger partial charge < -0.3 is 15.4 Å². The van der Waals surface area contributed by atoms with Gasteiger partial charge in [-0.25, -0.2) is 4.39 Å². The van der Waals surface area contributed by atoms with Crippen molar-refractivity contribution in [2.24, 2.45) is 0 Å². The number of hydrogen-bond acceptors (Lipinski definition) is 3. The largest absolute Gasteiger partial charge is 0.494 e. The van der Waals surface area contributed by atoms with Gasteiger partial charge in [0.05, 0.1) is 19.7 Å². The third kappa shape index (κ3) is 4.34. The number of rotatable bonds is 6. The van der Waals surface area contributed by atoms with Gasteiger partial charge >= 0.3 is 0 Å². The van der Waals surface area contributed by atoms with Crippen molar-refractivity contribution in [1.29, 1.82) is 0 Å². The lowest BCUT2D eigenvalue weighted by molar-refractivity contribution is -0.120. The summed E-state index contributed by atoms with van der Waals surface area (Å²) in [6, 6.07) is 11.0. The number of anilines is 1. The van der Waals surface area contributed by atoms with Gasteiger partial charge in [-0.2, -0.15) is 0 Å². The summed E-state index contributed by atoms with van der Waals surface area (Å²) in [6.07, 6.45) is 4.77. The third-order valence-corrected chi connectivity index (χ3v) is 4.85. The summed E-state index contributed by atoms with van der Waals surface area (Å²) >= 11 is 0. The van der Waals surface area contributed by atoms with E-state index < -0.39 is 5.82 Å². The second-order valence-electron chi connectivity index (χ2n) is 6.73. The molecule has 1 amide bonds. The average Bonchev–Trinajstić information content (AvgIpc) is 2.66. The maximum absolute atomic E-state index is 13.7. The van der Waals surface area contributed by atoms with Crippen LogP contribution in [0.25, 0.3) is 0 Å². The Morgan fingerprint density at radius 1 is 1.15 bits per heavy atom. The van der Waals surface area contributed by atoms with E-state index in [4.69, 9.17) is 4.74 Å². The first-order valence-electron chi connectivity index (χ1n) is 9.05. The van der Waals surface area contributed by atoms with Crippen molar-refractivity contribution in [1.82, 2.24) is 5.32 Å². The number of halogens is 1. The predicted molar refractivity (Wildman–Crippen MR) is 101 cm³/mol. The summed E-state index contributed by atoms with van der Waals surface area (Å²) in [4.78, 5) is 12.2. The fourth-order valence-electron chi connectivity index (χ4n) is 3.36. The van der Waals surface area contributed by atoms with Crippen LogP contribution >= 0.6 is 0 Å². The minimum Gasteiger partial charge on any atom is -0.494 e. The Bertz CT molecular complexity index is 792. The average molecular weight is 356 g/mol. The first-order valence-corrected chi connectivity index (χ1v) is 9.05. The summed E-state index contributed by atoms with van der Waals surface area (Å²) in [5, 5.41) is 5.93. The first kappa shape index (κ1) is 18.2. The van der Waals surface area contributed by atoms with E-state index in [0.717, 1.165) is 18.4 Å². The zero-order valence-corrected chi connectivity index (χ0v) is 15.3. The summed E-state index contributed by atoms with van der Waals surface area (Å²) in [6.45, 7) is 2.07. The minimum atomic E-state index is -0.458. The van der Waals surface area contributed by atoms with E-state index in [2.05, 4.69) is 28.8 Å². The Morgan fingerprint density at radius 3 is 2.65 bits per heavy atom. The number of hydrogen-bond donors (Lipinski definition) is 2. The molecule has 0 aliphatic heterocycles. The summed E-state index contributed by atoms with van der Waals surface area (Å²) < 4.78 is 18.6. The number of amides is 1. The van der Waals surface area contributed by atoms with Gasteiger partial charge in [0, 0.05) is 11.8 Å². The van der Waals surface area contributed by atoms with Crippen LogP contribution in [0, 0.1) is 5.82 Å². The number of nitrogens with one attached hydrogen (secondary N) is 2. The monoisotopic (exact) mass is 356 g/mol. The molecular formula is C21H25FN2O2. The summed E-state index contributed by atoms with van der Waals surface area (Å²) in [5.74, 6) is -0.409. The van der Waals surface area contributed by atoms with Crippen LogP contribution in [0.4, 0.5) is 10.1 Å². The second-order valence-corrected chi connectivity index (χ2v) is 6.73. The van der Waals surface area contributed by atoms with Crippen molar-refractivity contribution in [2.45, 2.75) is 38.6 Å². The molecule has 1 aliphatic carbocycles. The van der Waals surface area contributed by atoms with E-state index in [-0.39, 0.29) is 24.2 Å². The fraction of sp³-hybridized carbons (Fsp3) is 0.381. The van der Waals surface area contributed by atoms with Crippen molar-refractivity contribution < 1.29 is 13.9 Å². The predicted octanol–water partition coefficient (Wildman–Crippen LogP) is 4.00. The van der Waals surface area contributed by atoms with Gasteiger partial charge in [-0.05, 0) is 61.4 Å². The van der Waals surface area contributed by atoms with Crippen molar-refractivity contribution in [3.63, 3.8) is 0 Å². The van der Waals surface area contributed by atoms with Crippen LogP contribution in [0.2, 0.25) is 0 Å². The number of carbonyl (C=O) groups is 1.